The van der Waals surface area contributed by atoms with Crippen LogP contribution in [0.1, 0.15) is 27.8 Å². The van der Waals surface area contributed by atoms with Crippen molar-refractivity contribution in [3.63, 3.8) is 0 Å². The Morgan fingerprint density at radius 2 is 0.958 bits per heavy atom. The maximum atomic E-state index is 12.8. The fraction of sp³-hybridized carbons (Fsp3) is 0.455. The molecule has 0 aliphatic rings. The van der Waals surface area contributed by atoms with Crippen LogP contribution >= 0.6 is 0 Å². The Balaban J connectivity index is 4.21. The SMILES string of the molecule is OCc1c(C(F)(F)F)cc(C(F)(F)F)c(C(F)(F)F)c1C(F)(F)F. The summed E-state index contributed by atoms with van der Waals surface area (Å²) in [7, 11) is 0. The Bertz CT molecular complexity index is 616. The lowest BCUT2D eigenvalue weighted by atomic mass is 9.90. The van der Waals surface area contributed by atoms with Crippen LogP contribution < -0.4 is 0 Å². The third-order valence-corrected chi connectivity index (χ3v) is 2.77. The summed E-state index contributed by atoms with van der Waals surface area (Å²) in [4.78, 5) is 0. The molecule has 13 heteroatoms. The molecule has 0 aliphatic carbocycles. The summed E-state index contributed by atoms with van der Waals surface area (Å²) in [6.07, 6.45) is -24.5. The van der Waals surface area contributed by atoms with Gasteiger partial charge in [0.1, 0.15) is 0 Å². The number of halogens is 12. The van der Waals surface area contributed by atoms with Gasteiger partial charge in [-0.25, -0.2) is 0 Å². The molecule has 0 saturated heterocycles. The average molecular weight is 380 g/mol. The van der Waals surface area contributed by atoms with Gasteiger partial charge in [-0.1, -0.05) is 0 Å². The summed E-state index contributed by atoms with van der Waals surface area (Å²) < 4.78 is 153. The number of alkyl halides is 12. The van der Waals surface area contributed by atoms with Crippen molar-refractivity contribution in [2.75, 3.05) is 0 Å². The van der Waals surface area contributed by atoms with Gasteiger partial charge in [0, 0.05) is 5.56 Å². The lowest BCUT2D eigenvalue weighted by Gasteiger charge is -2.25. The molecule has 0 fully saturated rings. The van der Waals surface area contributed by atoms with Crippen LogP contribution in [0.4, 0.5) is 52.7 Å². The van der Waals surface area contributed by atoms with Gasteiger partial charge in [0.2, 0.25) is 0 Å². The minimum absolute atomic E-state index is 1.09. The zero-order valence-electron chi connectivity index (χ0n) is 10.8. The number of hydrogen-bond donors (Lipinski definition) is 1. The molecule has 1 aromatic carbocycles. The van der Waals surface area contributed by atoms with Gasteiger partial charge in [0.15, 0.2) is 0 Å². The predicted octanol–water partition coefficient (Wildman–Crippen LogP) is 5.25. The Hall–Kier alpha value is -1.66. The normalized spacial score (nSPS) is 14.2. The first-order chi connectivity index (χ1) is 10.4. The summed E-state index contributed by atoms with van der Waals surface area (Å²) in [6.45, 7) is -2.20. The van der Waals surface area contributed by atoms with Gasteiger partial charge < -0.3 is 5.11 Å². The van der Waals surface area contributed by atoms with E-state index in [1.165, 1.54) is 0 Å². The van der Waals surface area contributed by atoms with Gasteiger partial charge in [0.05, 0.1) is 28.9 Å². The molecule has 1 N–H and O–H groups in total. The van der Waals surface area contributed by atoms with Crippen molar-refractivity contribution < 1.29 is 57.8 Å². The lowest BCUT2D eigenvalue weighted by molar-refractivity contribution is -0.177. The maximum absolute atomic E-state index is 12.8. The van der Waals surface area contributed by atoms with E-state index < -0.39 is 65.2 Å². The highest BCUT2D eigenvalue weighted by Crippen LogP contribution is 2.51. The van der Waals surface area contributed by atoms with E-state index in [2.05, 4.69) is 0 Å². The van der Waals surface area contributed by atoms with Crippen molar-refractivity contribution in [3.05, 3.63) is 33.9 Å². The molecule has 0 spiro atoms. The lowest BCUT2D eigenvalue weighted by Crippen LogP contribution is -2.27. The Morgan fingerprint density at radius 3 is 1.21 bits per heavy atom. The zero-order valence-corrected chi connectivity index (χ0v) is 10.8. The zero-order chi connectivity index (χ0) is 19.3. The number of benzene rings is 1. The first-order valence-electron chi connectivity index (χ1n) is 5.51. The van der Waals surface area contributed by atoms with Crippen molar-refractivity contribution in [3.8, 4) is 0 Å². The van der Waals surface area contributed by atoms with E-state index in [0.717, 1.165) is 0 Å². The molecular weight excluding hydrogens is 376 g/mol. The highest BCUT2D eigenvalue weighted by Gasteiger charge is 2.53. The molecule has 0 aliphatic heterocycles. The van der Waals surface area contributed by atoms with Crippen molar-refractivity contribution in [1.82, 2.24) is 0 Å². The molecule has 24 heavy (non-hydrogen) atoms. The summed E-state index contributed by atoms with van der Waals surface area (Å²) in [5, 5.41) is 8.66. The van der Waals surface area contributed by atoms with Gasteiger partial charge in [-0.15, -0.1) is 0 Å². The summed E-state index contributed by atoms with van der Waals surface area (Å²) in [5.74, 6) is 0. The molecule has 0 amide bonds. The molecule has 138 valence electrons. The van der Waals surface area contributed by atoms with E-state index in [-0.39, 0.29) is 0 Å². The van der Waals surface area contributed by atoms with Gasteiger partial charge in [-0.3, -0.25) is 0 Å². The summed E-state index contributed by atoms with van der Waals surface area (Å²) in [5.41, 5.74) is -14.7. The maximum Gasteiger partial charge on any atom is 0.417 e. The van der Waals surface area contributed by atoms with Crippen LogP contribution in [-0.2, 0) is 31.3 Å². The Labute approximate surface area is 124 Å². The molecule has 1 nitrogen and oxygen atoms in total. The second-order valence-electron chi connectivity index (χ2n) is 4.35. The van der Waals surface area contributed by atoms with E-state index in [9.17, 15) is 52.7 Å². The minimum Gasteiger partial charge on any atom is -0.392 e. The largest absolute Gasteiger partial charge is 0.417 e. The first-order valence-corrected chi connectivity index (χ1v) is 5.51. The third kappa shape index (κ3) is 3.87. The quantitative estimate of drug-likeness (QED) is 0.660. The number of rotatable bonds is 1. The van der Waals surface area contributed by atoms with Crippen LogP contribution in [0.5, 0.6) is 0 Å². The number of aliphatic hydroxyl groups is 1. The molecular formula is C11H4F12O. The standard InChI is InChI=1S/C11H4F12O/c12-8(13,14)4-1-5(9(15,16)17)7(11(21,22)23)6(3(4)2-24)10(18,19)20/h1,24H,2H2. The highest BCUT2D eigenvalue weighted by molar-refractivity contribution is 5.51. The Kier molecular flexibility index (Phi) is 4.85. The third-order valence-electron chi connectivity index (χ3n) is 2.77. The van der Waals surface area contributed by atoms with E-state index in [1.807, 2.05) is 0 Å². The minimum atomic E-state index is -6.27. The van der Waals surface area contributed by atoms with Gasteiger partial charge in [-0.05, 0) is 6.07 Å². The van der Waals surface area contributed by atoms with E-state index in [1.54, 1.807) is 0 Å². The monoisotopic (exact) mass is 380 g/mol. The summed E-state index contributed by atoms with van der Waals surface area (Å²) >= 11 is 0. The van der Waals surface area contributed by atoms with Crippen LogP contribution in [0.25, 0.3) is 0 Å². The number of aliphatic hydroxyl groups excluding tert-OH is 1. The van der Waals surface area contributed by atoms with Crippen LogP contribution in [0.2, 0.25) is 0 Å². The molecule has 0 bridgehead atoms. The van der Waals surface area contributed by atoms with E-state index in [0.29, 0.717) is 0 Å². The number of hydrogen-bond acceptors (Lipinski definition) is 1. The highest BCUT2D eigenvalue weighted by atomic mass is 19.4. The fourth-order valence-corrected chi connectivity index (χ4v) is 1.97. The Morgan fingerprint density at radius 1 is 0.583 bits per heavy atom. The first kappa shape index (κ1) is 20.4. The second kappa shape index (κ2) is 5.70. The molecule has 0 radical (unpaired) electrons. The molecule has 1 rings (SSSR count). The molecule has 1 aromatic rings. The van der Waals surface area contributed by atoms with Crippen LogP contribution in [0, 0.1) is 0 Å². The van der Waals surface area contributed by atoms with E-state index in [4.69, 9.17) is 5.11 Å². The van der Waals surface area contributed by atoms with Crippen molar-refractivity contribution in [1.29, 1.82) is 0 Å². The van der Waals surface area contributed by atoms with Gasteiger partial charge in [-0.2, -0.15) is 52.7 Å². The van der Waals surface area contributed by atoms with Crippen LogP contribution in [-0.4, -0.2) is 5.11 Å². The van der Waals surface area contributed by atoms with Crippen LogP contribution in [0.3, 0.4) is 0 Å². The molecule has 0 saturated carbocycles. The van der Waals surface area contributed by atoms with Crippen LogP contribution in [0.15, 0.2) is 6.07 Å². The van der Waals surface area contributed by atoms with Crippen molar-refractivity contribution in [2.24, 2.45) is 0 Å². The van der Waals surface area contributed by atoms with Gasteiger partial charge >= 0.3 is 24.7 Å². The molecule has 0 atom stereocenters. The van der Waals surface area contributed by atoms with Crippen molar-refractivity contribution >= 4 is 0 Å². The van der Waals surface area contributed by atoms with Gasteiger partial charge in [0.25, 0.3) is 0 Å². The smallest absolute Gasteiger partial charge is 0.392 e. The fourth-order valence-electron chi connectivity index (χ4n) is 1.97. The van der Waals surface area contributed by atoms with E-state index >= 15 is 0 Å². The summed E-state index contributed by atoms with van der Waals surface area (Å²) in [6, 6.07) is -1.09. The molecule has 0 unspecified atom stereocenters. The van der Waals surface area contributed by atoms with Crippen molar-refractivity contribution in [2.45, 2.75) is 31.3 Å². The molecule has 0 aromatic heterocycles. The second-order valence-corrected chi connectivity index (χ2v) is 4.35. The average Bonchev–Trinajstić information content (AvgIpc) is 2.31. The molecule has 0 heterocycles. The topological polar surface area (TPSA) is 20.2 Å². The predicted molar refractivity (Wildman–Crippen MR) is 52.4 cm³/mol.